The molecule has 0 radical (unpaired) electrons. The Morgan fingerprint density at radius 1 is 0.893 bits per heavy atom. The van der Waals surface area contributed by atoms with E-state index in [0.29, 0.717) is 23.7 Å². The minimum Gasteiger partial charge on any atom is -0.456 e. The molecule has 0 spiro atoms. The van der Waals surface area contributed by atoms with E-state index in [0.717, 1.165) is 38.5 Å². The van der Waals surface area contributed by atoms with Crippen molar-refractivity contribution >= 4 is 11.9 Å². The van der Waals surface area contributed by atoms with Gasteiger partial charge in [-0.05, 0) is 69.1 Å². The van der Waals surface area contributed by atoms with E-state index in [-0.39, 0.29) is 24.5 Å². The summed E-state index contributed by atoms with van der Waals surface area (Å²) in [7, 11) is 0. The van der Waals surface area contributed by atoms with Crippen molar-refractivity contribution in [3.8, 4) is 0 Å². The lowest BCUT2D eigenvalue weighted by molar-refractivity contribution is -0.184. The maximum Gasteiger partial charge on any atom is 0.344 e. The first-order valence-corrected chi connectivity index (χ1v) is 11.6. The zero-order valence-corrected chi connectivity index (χ0v) is 17.4. The van der Waals surface area contributed by atoms with Crippen LogP contribution in [0.15, 0.2) is 12.2 Å². The highest BCUT2D eigenvalue weighted by Gasteiger charge is 2.45. The Hall–Kier alpha value is -1.32. The molecule has 0 aromatic rings. The van der Waals surface area contributed by atoms with E-state index in [1.165, 1.54) is 38.5 Å². The molecule has 0 aromatic heterocycles. The Labute approximate surface area is 169 Å². The molecule has 4 heteroatoms. The third-order valence-corrected chi connectivity index (χ3v) is 8.08. The van der Waals surface area contributed by atoms with Crippen molar-refractivity contribution < 1.29 is 19.1 Å². The van der Waals surface area contributed by atoms with Gasteiger partial charge in [-0.15, -0.1) is 0 Å². The molecule has 0 N–H and O–H groups in total. The molecule has 4 aliphatic rings. The third kappa shape index (κ3) is 4.16. The first-order chi connectivity index (χ1) is 13.6. The third-order valence-electron chi connectivity index (χ3n) is 8.08. The molecule has 4 nitrogen and oxygen atoms in total. The van der Waals surface area contributed by atoms with E-state index >= 15 is 0 Å². The van der Waals surface area contributed by atoms with E-state index in [2.05, 4.69) is 19.1 Å². The van der Waals surface area contributed by atoms with Crippen molar-refractivity contribution in [1.82, 2.24) is 0 Å². The number of allylic oxidation sites excluding steroid dienone is 2. The van der Waals surface area contributed by atoms with Crippen molar-refractivity contribution in [2.24, 2.45) is 29.6 Å². The van der Waals surface area contributed by atoms with E-state index in [1.807, 2.05) is 0 Å². The summed E-state index contributed by atoms with van der Waals surface area (Å²) in [4.78, 5) is 25.2. The number of hydrogen-bond acceptors (Lipinski definition) is 4. The lowest BCUT2D eigenvalue weighted by atomic mass is 9.67. The first-order valence-electron chi connectivity index (χ1n) is 11.6. The first kappa shape index (κ1) is 20.0. The molecule has 0 amide bonds. The van der Waals surface area contributed by atoms with Gasteiger partial charge in [0.2, 0.25) is 0 Å². The number of carbonyl (C=O) groups is 2. The van der Waals surface area contributed by atoms with Crippen LogP contribution in [0.3, 0.4) is 0 Å². The van der Waals surface area contributed by atoms with Gasteiger partial charge in [0.1, 0.15) is 5.60 Å². The van der Waals surface area contributed by atoms with Gasteiger partial charge in [0.05, 0.1) is 5.92 Å². The number of rotatable bonds is 6. The molecule has 4 aliphatic carbocycles. The lowest BCUT2D eigenvalue weighted by Crippen LogP contribution is -2.48. The van der Waals surface area contributed by atoms with E-state index in [1.54, 1.807) is 0 Å². The number of hydrogen-bond donors (Lipinski definition) is 0. The van der Waals surface area contributed by atoms with Crippen LogP contribution in [0.1, 0.15) is 84.0 Å². The standard InChI is InChI=1S/C24H36O4/c1-24(19-8-4-2-5-9-19,20-10-6-3-7-11-20)28-22(25)16-27-23(26)21-15-17-12-13-18(21)14-17/h12-13,17-21H,2-11,14-16H2,1H3. The highest BCUT2D eigenvalue weighted by molar-refractivity contribution is 5.78. The summed E-state index contributed by atoms with van der Waals surface area (Å²) in [5.41, 5.74) is -0.403. The second-order valence-corrected chi connectivity index (χ2v) is 9.82. The quantitative estimate of drug-likeness (QED) is 0.463. The maximum atomic E-state index is 12.7. The van der Waals surface area contributed by atoms with Gasteiger partial charge in [-0.25, -0.2) is 4.79 Å². The number of esters is 2. The van der Waals surface area contributed by atoms with Crippen molar-refractivity contribution in [2.75, 3.05) is 6.61 Å². The molecule has 28 heavy (non-hydrogen) atoms. The van der Waals surface area contributed by atoms with Crippen molar-refractivity contribution in [3.05, 3.63) is 12.2 Å². The van der Waals surface area contributed by atoms with Gasteiger partial charge in [-0.1, -0.05) is 50.7 Å². The summed E-state index contributed by atoms with van der Waals surface area (Å²) in [5.74, 6) is 1.08. The fraction of sp³-hybridized carbons (Fsp3) is 0.833. The Kier molecular flexibility index (Phi) is 6.13. The second kappa shape index (κ2) is 8.59. The molecule has 0 aliphatic heterocycles. The van der Waals surface area contributed by atoms with Crippen LogP contribution in [0.4, 0.5) is 0 Å². The summed E-state index contributed by atoms with van der Waals surface area (Å²) in [6.07, 6.45) is 18.4. The summed E-state index contributed by atoms with van der Waals surface area (Å²) < 4.78 is 11.6. The maximum absolute atomic E-state index is 12.7. The Morgan fingerprint density at radius 3 is 2.00 bits per heavy atom. The smallest absolute Gasteiger partial charge is 0.344 e. The molecule has 3 fully saturated rings. The van der Waals surface area contributed by atoms with Gasteiger partial charge in [0.15, 0.2) is 6.61 Å². The van der Waals surface area contributed by atoms with Crippen LogP contribution in [-0.4, -0.2) is 24.1 Å². The van der Waals surface area contributed by atoms with Crippen LogP contribution in [0.5, 0.6) is 0 Å². The zero-order valence-electron chi connectivity index (χ0n) is 17.4. The predicted octanol–water partition coefficient (Wildman–Crippen LogP) is 5.20. The van der Waals surface area contributed by atoms with E-state index < -0.39 is 5.60 Å². The van der Waals surface area contributed by atoms with Gasteiger partial charge >= 0.3 is 11.9 Å². The van der Waals surface area contributed by atoms with E-state index in [4.69, 9.17) is 9.47 Å². The number of fused-ring (bicyclic) bond motifs is 2. The van der Waals surface area contributed by atoms with Crippen molar-refractivity contribution in [2.45, 2.75) is 89.6 Å². The van der Waals surface area contributed by atoms with Crippen LogP contribution in [-0.2, 0) is 19.1 Å². The number of ether oxygens (including phenoxy) is 2. The van der Waals surface area contributed by atoms with E-state index in [9.17, 15) is 9.59 Å². The summed E-state index contributed by atoms with van der Waals surface area (Å²) >= 11 is 0. The van der Waals surface area contributed by atoms with Gasteiger partial charge in [-0.2, -0.15) is 0 Å². The van der Waals surface area contributed by atoms with Crippen LogP contribution in [0.25, 0.3) is 0 Å². The van der Waals surface area contributed by atoms with Crippen molar-refractivity contribution in [3.63, 3.8) is 0 Å². The molecule has 0 saturated heterocycles. The molecule has 0 aromatic carbocycles. The topological polar surface area (TPSA) is 52.6 Å². The summed E-state index contributed by atoms with van der Waals surface area (Å²) in [5, 5.41) is 0. The molecular weight excluding hydrogens is 352 g/mol. The molecule has 2 bridgehead atoms. The van der Waals surface area contributed by atoms with Crippen LogP contribution >= 0.6 is 0 Å². The summed E-state index contributed by atoms with van der Waals surface area (Å²) in [6, 6.07) is 0. The highest BCUT2D eigenvalue weighted by atomic mass is 16.6. The Balaban J connectivity index is 1.35. The van der Waals surface area contributed by atoms with Crippen LogP contribution in [0, 0.1) is 29.6 Å². The van der Waals surface area contributed by atoms with Gasteiger partial charge in [0.25, 0.3) is 0 Å². The zero-order chi connectivity index (χ0) is 19.6. The van der Waals surface area contributed by atoms with Crippen molar-refractivity contribution in [1.29, 1.82) is 0 Å². The highest BCUT2D eigenvalue weighted by Crippen LogP contribution is 2.46. The largest absolute Gasteiger partial charge is 0.456 e. The average molecular weight is 389 g/mol. The fourth-order valence-electron chi connectivity index (χ4n) is 6.42. The lowest BCUT2D eigenvalue weighted by Gasteiger charge is -2.46. The normalized spacial score (nSPS) is 31.1. The molecule has 4 rings (SSSR count). The average Bonchev–Trinajstić information content (AvgIpc) is 3.37. The SMILES string of the molecule is CC(OC(=O)COC(=O)C1CC2C=CC1C2)(C1CCCCC1)C1CCCCC1. The Morgan fingerprint density at radius 2 is 1.50 bits per heavy atom. The molecule has 0 heterocycles. The number of carbonyl (C=O) groups excluding carboxylic acids is 2. The van der Waals surface area contributed by atoms with Gasteiger partial charge < -0.3 is 9.47 Å². The monoisotopic (exact) mass is 388 g/mol. The van der Waals surface area contributed by atoms with Gasteiger partial charge in [0, 0.05) is 0 Å². The Bertz CT molecular complexity index is 580. The summed E-state index contributed by atoms with van der Waals surface area (Å²) in [6.45, 7) is 1.94. The molecule has 3 saturated carbocycles. The van der Waals surface area contributed by atoms with Gasteiger partial charge in [-0.3, -0.25) is 4.79 Å². The fourth-order valence-corrected chi connectivity index (χ4v) is 6.42. The minimum atomic E-state index is -0.403. The van der Waals surface area contributed by atoms with Crippen LogP contribution in [0.2, 0.25) is 0 Å². The molecule has 3 unspecified atom stereocenters. The minimum absolute atomic E-state index is 0.0640. The van der Waals surface area contributed by atoms with Crippen LogP contribution < -0.4 is 0 Å². The molecule has 156 valence electrons. The molecule has 3 atom stereocenters. The molecular formula is C24H36O4. The second-order valence-electron chi connectivity index (χ2n) is 9.82. The predicted molar refractivity (Wildman–Crippen MR) is 107 cm³/mol.